The minimum Gasteiger partial charge on any atom is -0.306 e. The molecule has 0 spiro atoms. The first kappa shape index (κ1) is 14.1. The minimum atomic E-state index is 0.544. The van der Waals surface area contributed by atoms with Crippen LogP contribution in [0.25, 0.3) is 0 Å². The van der Waals surface area contributed by atoms with Gasteiger partial charge in [0.05, 0.1) is 0 Å². The monoisotopic (exact) mass is 265 g/mol. The van der Waals surface area contributed by atoms with Crippen molar-refractivity contribution < 1.29 is 0 Å². The van der Waals surface area contributed by atoms with E-state index in [1.807, 2.05) is 11.3 Å². The molecule has 1 aromatic heterocycles. The molecule has 2 rings (SSSR count). The van der Waals surface area contributed by atoms with Gasteiger partial charge >= 0.3 is 0 Å². The van der Waals surface area contributed by atoms with Crippen LogP contribution >= 0.6 is 11.3 Å². The topological polar surface area (TPSA) is 12.0 Å². The van der Waals surface area contributed by atoms with Gasteiger partial charge in [-0.15, -0.1) is 11.3 Å². The fourth-order valence-corrected chi connectivity index (χ4v) is 4.18. The molecule has 3 unspecified atom stereocenters. The maximum atomic E-state index is 3.97. The molecule has 1 N–H and O–H groups in total. The van der Waals surface area contributed by atoms with Crippen molar-refractivity contribution in [2.45, 2.75) is 65.0 Å². The molecule has 0 bridgehead atoms. The van der Waals surface area contributed by atoms with Gasteiger partial charge in [-0.2, -0.15) is 0 Å². The van der Waals surface area contributed by atoms with Gasteiger partial charge in [0.2, 0.25) is 0 Å². The molecule has 0 saturated heterocycles. The van der Waals surface area contributed by atoms with E-state index < -0.39 is 0 Å². The van der Waals surface area contributed by atoms with E-state index in [1.165, 1.54) is 37.0 Å². The van der Waals surface area contributed by atoms with E-state index in [2.05, 4.69) is 43.6 Å². The number of hydrogen-bond acceptors (Lipinski definition) is 2. The van der Waals surface area contributed by atoms with Crippen molar-refractivity contribution in [2.75, 3.05) is 0 Å². The normalized spacial score (nSPS) is 26.4. The molecule has 1 nitrogen and oxygen atoms in total. The SMILES string of the molecule is CCC1CCCCC1NC(c1cccs1)C(C)C. The van der Waals surface area contributed by atoms with Crippen molar-refractivity contribution >= 4 is 11.3 Å². The van der Waals surface area contributed by atoms with E-state index in [0.29, 0.717) is 12.0 Å². The summed E-state index contributed by atoms with van der Waals surface area (Å²) in [4.78, 5) is 1.51. The third kappa shape index (κ3) is 3.36. The third-order valence-corrected chi connectivity index (χ3v) is 5.30. The van der Waals surface area contributed by atoms with Gasteiger partial charge in [-0.05, 0) is 36.1 Å². The van der Waals surface area contributed by atoms with Crippen molar-refractivity contribution in [1.29, 1.82) is 0 Å². The van der Waals surface area contributed by atoms with Crippen LogP contribution in [0.1, 0.15) is 63.8 Å². The van der Waals surface area contributed by atoms with Crippen LogP contribution in [-0.2, 0) is 0 Å². The molecule has 0 aromatic carbocycles. The third-order valence-electron chi connectivity index (χ3n) is 4.34. The van der Waals surface area contributed by atoms with Crippen molar-refractivity contribution in [1.82, 2.24) is 5.32 Å². The molecule has 18 heavy (non-hydrogen) atoms. The second kappa shape index (κ2) is 6.72. The Balaban J connectivity index is 2.04. The molecule has 1 aromatic rings. The van der Waals surface area contributed by atoms with Gasteiger partial charge < -0.3 is 5.32 Å². The Labute approximate surface area is 116 Å². The summed E-state index contributed by atoms with van der Waals surface area (Å²) in [5, 5.41) is 6.17. The zero-order chi connectivity index (χ0) is 13.0. The molecule has 102 valence electrons. The van der Waals surface area contributed by atoms with E-state index in [9.17, 15) is 0 Å². The van der Waals surface area contributed by atoms with Gasteiger partial charge in [0.15, 0.2) is 0 Å². The minimum absolute atomic E-state index is 0.544. The first-order valence-electron chi connectivity index (χ1n) is 7.51. The first-order chi connectivity index (χ1) is 8.72. The Morgan fingerprint density at radius 3 is 2.72 bits per heavy atom. The van der Waals surface area contributed by atoms with Crippen LogP contribution < -0.4 is 5.32 Å². The molecule has 0 radical (unpaired) electrons. The largest absolute Gasteiger partial charge is 0.306 e. The lowest BCUT2D eigenvalue weighted by molar-refractivity contribution is 0.221. The van der Waals surface area contributed by atoms with Gasteiger partial charge in [-0.1, -0.05) is 46.1 Å². The van der Waals surface area contributed by atoms with E-state index in [-0.39, 0.29) is 0 Å². The highest BCUT2D eigenvalue weighted by Gasteiger charge is 2.27. The van der Waals surface area contributed by atoms with E-state index >= 15 is 0 Å². The van der Waals surface area contributed by atoms with E-state index in [0.717, 1.165) is 12.0 Å². The maximum Gasteiger partial charge on any atom is 0.0440 e. The highest BCUT2D eigenvalue weighted by Crippen LogP contribution is 2.32. The molecular weight excluding hydrogens is 238 g/mol. The number of thiophene rings is 1. The fraction of sp³-hybridized carbons (Fsp3) is 0.750. The average Bonchev–Trinajstić information content (AvgIpc) is 2.89. The molecule has 3 atom stereocenters. The van der Waals surface area contributed by atoms with Crippen molar-refractivity contribution in [2.24, 2.45) is 11.8 Å². The maximum absolute atomic E-state index is 3.97. The Bertz CT molecular complexity index is 331. The summed E-state index contributed by atoms with van der Waals surface area (Å²) < 4.78 is 0. The second-order valence-corrected chi connectivity index (χ2v) is 6.94. The molecule has 1 aliphatic carbocycles. The predicted octanol–water partition coefficient (Wildman–Crippen LogP) is 5.00. The van der Waals surface area contributed by atoms with Crippen LogP contribution in [0, 0.1) is 11.8 Å². The summed E-state index contributed by atoms with van der Waals surface area (Å²) in [6.07, 6.45) is 6.95. The van der Waals surface area contributed by atoms with Gasteiger partial charge in [0, 0.05) is 17.0 Å². The molecular formula is C16H27NS. The fourth-order valence-electron chi connectivity index (χ4n) is 3.22. The Kier molecular flexibility index (Phi) is 5.25. The molecule has 1 saturated carbocycles. The van der Waals surface area contributed by atoms with Crippen molar-refractivity contribution in [3.63, 3.8) is 0 Å². The number of nitrogens with one attached hydrogen (secondary N) is 1. The van der Waals surface area contributed by atoms with Gasteiger partial charge in [-0.25, -0.2) is 0 Å². The second-order valence-electron chi connectivity index (χ2n) is 5.96. The summed E-state index contributed by atoms with van der Waals surface area (Å²) in [5.41, 5.74) is 0. The highest BCUT2D eigenvalue weighted by atomic mass is 32.1. The predicted molar refractivity (Wildman–Crippen MR) is 81.1 cm³/mol. The lowest BCUT2D eigenvalue weighted by Gasteiger charge is -2.36. The zero-order valence-electron chi connectivity index (χ0n) is 12.0. The number of hydrogen-bond donors (Lipinski definition) is 1. The van der Waals surface area contributed by atoms with E-state index in [4.69, 9.17) is 0 Å². The van der Waals surface area contributed by atoms with Crippen LogP contribution in [0.5, 0.6) is 0 Å². The van der Waals surface area contributed by atoms with Crippen molar-refractivity contribution in [3.05, 3.63) is 22.4 Å². The standard InChI is InChI=1S/C16H27NS/c1-4-13-8-5-6-9-14(13)17-16(12(2)3)15-10-7-11-18-15/h7,10-14,16-17H,4-6,8-9H2,1-3H3. The summed E-state index contributed by atoms with van der Waals surface area (Å²) in [6.45, 7) is 7.02. The average molecular weight is 265 g/mol. The zero-order valence-corrected chi connectivity index (χ0v) is 12.8. The molecule has 1 fully saturated rings. The molecule has 1 aliphatic rings. The Hall–Kier alpha value is -0.340. The molecule has 0 aliphatic heterocycles. The molecule has 1 heterocycles. The summed E-state index contributed by atoms with van der Waals surface area (Å²) >= 11 is 1.89. The quantitative estimate of drug-likeness (QED) is 0.789. The van der Waals surface area contributed by atoms with Gasteiger partial charge in [0.1, 0.15) is 0 Å². The number of rotatable bonds is 5. The summed E-state index contributed by atoms with van der Waals surface area (Å²) in [5.74, 6) is 1.56. The lowest BCUT2D eigenvalue weighted by atomic mass is 9.82. The lowest BCUT2D eigenvalue weighted by Crippen LogP contribution is -2.41. The highest BCUT2D eigenvalue weighted by molar-refractivity contribution is 7.10. The van der Waals surface area contributed by atoms with E-state index in [1.54, 1.807) is 0 Å². The van der Waals surface area contributed by atoms with Crippen molar-refractivity contribution in [3.8, 4) is 0 Å². The first-order valence-corrected chi connectivity index (χ1v) is 8.39. The van der Waals surface area contributed by atoms with Gasteiger partial charge in [-0.3, -0.25) is 0 Å². The smallest absolute Gasteiger partial charge is 0.0440 e. The van der Waals surface area contributed by atoms with Crippen LogP contribution in [0.15, 0.2) is 17.5 Å². The van der Waals surface area contributed by atoms with Crippen LogP contribution in [0.2, 0.25) is 0 Å². The Morgan fingerprint density at radius 2 is 2.11 bits per heavy atom. The summed E-state index contributed by atoms with van der Waals surface area (Å²) in [7, 11) is 0. The molecule has 0 amide bonds. The van der Waals surface area contributed by atoms with Crippen LogP contribution in [0.3, 0.4) is 0 Å². The Morgan fingerprint density at radius 1 is 1.33 bits per heavy atom. The van der Waals surface area contributed by atoms with Crippen LogP contribution in [-0.4, -0.2) is 6.04 Å². The van der Waals surface area contributed by atoms with Crippen LogP contribution in [0.4, 0.5) is 0 Å². The summed E-state index contributed by atoms with van der Waals surface area (Å²) in [6, 6.07) is 5.74. The van der Waals surface area contributed by atoms with Gasteiger partial charge in [0.25, 0.3) is 0 Å². The molecule has 2 heteroatoms.